The molecule has 0 radical (unpaired) electrons. The molecule has 1 fully saturated rings. The van der Waals surface area contributed by atoms with Gasteiger partial charge < -0.3 is 5.11 Å². The summed E-state index contributed by atoms with van der Waals surface area (Å²) in [7, 11) is 0. The lowest BCUT2D eigenvalue weighted by Gasteiger charge is -2.40. The van der Waals surface area contributed by atoms with Gasteiger partial charge in [0.1, 0.15) is 23.0 Å². The van der Waals surface area contributed by atoms with Crippen molar-refractivity contribution >= 4 is 22.8 Å². The normalized spacial score (nSPS) is 16.2. The molecule has 0 aliphatic carbocycles. The number of nitrogens with one attached hydrogen (secondary N) is 1. The van der Waals surface area contributed by atoms with Gasteiger partial charge in [-0.15, -0.1) is 11.8 Å². The zero-order valence-electron chi connectivity index (χ0n) is 19.0. The van der Waals surface area contributed by atoms with Crippen LogP contribution < -0.4 is 0 Å². The molecule has 2 N–H and O–H groups in total. The molecule has 182 valence electrons. The number of halogens is 2. The molecule has 1 unspecified atom stereocenters. The maximum atomic E-state index is 13.5. The van der Waals surface area contributed by atoms with E-state index in [9.17, 15) is 13.9 Å². The van der Waals surface area contributed by atoms with Crippen molar-refractivity contribution in [1.29, 1.82) is 0 Å². The highest BCUT2D eigenvalue weighted by Crippen LogP contribution is 2.30. The van der Waals surface area contributed by atoms with Gasteiger partial charge in [0.05, 0.1) is 23.7 Å². The Labute approximate surface area is 206 Å². The molecule has 4 aromatic rings. The van der Waals surface area contributed by atoms with Crippen LogP contribution in [0.5, 0.6) is 0 Å². The third-order valence-corrected chi connectivity index (χ3v) is 7.39. The number of nitrogens with zero attached hydrogens (tertiary/aromatic N) is 5. The van der Waals surface area contributed by atoms with E-state index in [0.29, 0.717) is 17.9 Å². The van der Waals surface area contributed by atoms with Crippen LogP contribution in [0.15, 0.2) is 66.1 Å². The number of rotatable bonds is 8. The van der Waals surface area contributed by atoms with Gasteiger partial charge in [0.2, 0.25) is 0 Å². The van der Waals surface area contributed by atoms with E-state index >= 15 is 0 Å². The first kappa shape index (κ1) is 23.8. The van der Waals surface area contributed by atoms with E-state index in [0.717, 1.165) is 47.7 Å². The van der Waals surface area contributed by atoms with Crippen molar-refractivity contribution in [2.24, 2.45) is 0 Å². The number of thioether (sulfide) groups is 1. The SMILES string of the molecule is OC(CSc1ncnc2[nH]ncc12)CN1CCN(C(c2ccc(F)cc2)c2ccc(F)cc2)CC1. The van der Waals surface area contributed by atoms with E-state index in [1.807, 2.05) is 0 Å². The van der Waals surface area contributed by atoms with Crippen LogP contribution >= 0.6 is 11.8 Å². The van der Waals surface area contributed by atoms with Crippen LogP contribution in [0.4, 0.5) is 8.78 Å². The highest BCUT2D eigenvalue weighted by Gasteiger charge is 2.27. The molecule has 1 atom stereocenters. The summed E-state index contributed by atoms with van der Waals surface area (Å²) in [5.41, 5.74) is 2.63. The number of aliphatic hydroxyl groups is 1. The molecule has 0 amide bonds. The maximum Gasteiger partial charge on any atom is 0.159 e. The minimum absolute atomic E-state index is 0.0889. The van der Waals surface area contributed by atoms with Crippen molar-refractivity contribution in [3.63, 3.8) is 0 Å². The van der Waals surface area contributed by atoms with Crippen molar-refractivity contribution in [3.05, 3.63) is 83.8 Å². The molecule has 0 spiro atoms. The predicted molar refractivity (Wildman–Crippen MR) is 131 cm³/mol. The molecular formula is C25H26F2N6OS. The smallest absolute Gasteiger partial charge is 0.159 e. The van der Waals surface area contributed by atoms with Crippen LogP contribution in [0.25, 0.3) is 11.0 Å². The molecule has 0 bridgehead atoms. The molecule has 1 aliphatic rings. The number of aromatic amines is 1. The highest BCUT2D eigenvalue weighted by atomic mass is 32.2. The van der Waals surface area contributed by atoms with Crippen LogP contribution in [0, 0.1) is 11.6 Å². The molecular weight excluding hydrogens is 470 g/mol. The zero-order chi connectivity index (χ0) is 24.2. The number of benzene rings is 2. The highest BCUT2D eigenvalue weighted by molar-refractivity contribution is 7.99. The Hall–Kier alpha value is -2.92. The Bertz CT molecular complexity index is 1200. The van der Waals surface area contributed by atoms with Crippen LogP contribution in [0.3, 0.4) is 0 Å². The van der Waals surface area contributed by atoms with Gasteiger partial charge in [-0.3, -0.25) is 14.9 Å². The Morgan fingerprint density at radius 1 is 0.914 bits per heavy atom. The summed E-state index contributed by atoms with van der Waals surface area (Å²) in [6.07, 6.45) is 2.68. The Kier molecular flexibility index (Phi) is 7.33. The second-order valence-electron chi connectivity index (χ2n) is 8.62. The molecule has 5 rings (SSSR count). The van der Waals surface area contributed by atoms with Crippen LogP contribution in [0.1, 0.15) is 17.2 Å². The molecule has 35 heavy (non-hydrogen) atoms. The Balaban J connectivity index is 1.19. The largest absolute Gasteiger partial charge is 0.391 e. The lowest BCUT2D eigenvalue weighted by atomic mass is 9.96. The fraction of sp³-hybridized carbons (Fsp3) is 0.320. The van der Waals surface area contributed by atoms with Gasteiger partial charge in [-0.05, 0) is 35.4 Å². The van der Waals surface area contributed by atoms with Gasteiger partial charge in [-0.1, -0.05) is 24.3 Å². The summed E-state index contributed by atoms with van der Waals surface area (Å²) in [4.78, 5) is 13.0. The number of H-pyrrole nitrogens is 1. The van der Waals surface area contributed by atoms with Gasteiger partial charge in [0.15, 0.2) is 5.65 Å². The van der Waals surface area contributed by atoms with Crippen molar-refractivity contribution < 1.29 is 13.9 Å². The number of fused-ring (bicyclic) bond motifs is 1. The van der Waals surface area contributed by atoms with E-state index in [-0.39, 0.29) is 17.7 Å². The van der Waals surface area contributed by atoms with Crippen LogP contribution in [-0.4, -0.2) is 79.7 Å². The second kappa shape index (κ2) is 10.8. The van der Waals surface area contributed by atoms with Gasteiger partial charge >= 0.3 is 0 Å². The average molecular weight is 497 g/mol. The van der Waals surface area contributed by atoms with E-state index in [1.54, 1.807) is 30.5 Å². The lowest BCUT2D eigenvalue weighted by molar-refractivity contribution is 0.0708. The molecule has 2 aromatic heterocycles. The number of β-amino-alcohol motifs (C(OH)–C–C–N with tert-alkyl or cyclic N) is 1. The summed E-state index contributed by atoms with van der Waals surface area (Å²) in [6, 6.07) is 12.9. The monoisotopic (exact) mass is 496 g/mol. The van der Waals surface area contributed by atoms with Crippen LogP contribution in [0.2, 0.25) is 0 Å². The second-order valence-corrected chi connectivity index (χ2v) is 9.63. The Morgan fingerprint density at radius 3 is 2.17 bits per heavy atom. The van der Waals surface area contributed by atoms with Gasteiger partial charge in [0, 0.05) is 38.5 Å². The molecule has 2 aromatic carbocycles. The topological polar surface area (TPSA) is 81.2 Å². The average Bonchev–Trinajstić information content (AvgIpc) is 3.36. The number of hydrogen-bond donors (Lipinski definition) is 2. The minimum Gasteiger partial charge on any atom is -0.391 e. The van der Waals surface area contributed by atoms with E-state index in [2.05, 4.69) is 30.0 Å². The first-order valence-corrected chi connectivity index (χ1v) is 12.5. The number of piperazine rings is 1. The predicted octanol–water partition coefficient (Wildman–Crippen LogP) is 3.49. The van der Waals surface area contributed by atoms with Crippen molar-refractivity contribution in [1.82, 2.24) is 30.0 Å². The van der Waals surface area contributed by atoms with Gasteiger partial charge in [-0.2, -0.15) is 5.10 Å². The fourth-order valence-corrected chi connectivity index (χ4v) is 5.37. The van der Waals surface area contributed by atoms with E-state index < -0.39 is 6.10 Å². The summed E-state index contributed by atoms with van der Waals surface area (Å²) >= 11 is 1.49. The van der Waals surface area contributed by atoms with Crippen LogP contribution in [-0.2, 0) is 0 Å². The molecule has 7 nitrogen and oxygen atoms in total. The summed E-state index contributed by atoms with van der Waals surface area (Å²) in [5, 5.41) is 19.1. The quantitative estimate of drug-likeness (QED) is 0.286. The van der Waals surface area contributed by atoms with E-state index in [1.165, 1.54) is 42.4 Å². The third-order valence-electron chi connectivity index (χ3n) is 6.24. The fourth-order valence-electron chi connectivity index (χ4n) is 4.49. The summed E-state index contributed by atoms with van der Waals surface area (Å²) < 4.78 is 27.1. The molecule has 3 heterocycles. The number of hydrogen-bond acceptors (Lipinski definition) is 7. The van der Waals surface area contributed by atoms with Crippen molar-refractivity contribution in [3.8, 4) is 0 Å². The minimum atomic E-state index is -0.506. The molecule has 1 aliphatic heterocycles. The maximum absolute atomic E-state index is 13.5. The van der Waals surface area contributed by atoms with Crippen molar-refractivity contribution in [2.45, 2.75) is 17.2 Å². The zero-order valence-corrected chi connectivity index (χ0v) is 19.8. The van der Waals surface area contributed by atoms with Gasteiger partial charge in [-0.25, -0.2) is 18.7 Å². The number of aromatic nitrogens is 4. The molecule has 10 heteroatoms. The third kappa shape index (κ3) is 5.67. The van der Waals surface area contributed by atoms with Crippen molar-refractivity contribution in [2.75, 3.05) is 38.5 Å². The standard InChI is InChI=1S/C25H26F2N6OS/c26-19-5-1-17(2-6-19)23(18-3-7-20(27)8-4-18)33-11-9-32(10-12-33)14-21(34)15-35-25-22-13-30-31-24(22)28-16-29-25/h1-8,13,16,21,23,34H,9-12,14-15H2,(H,28,29,30,31). The Morgan fingerprint density at radius 2 is 1.54 bits per heavy atom. The number of aliphatic hydroxyl groups excluding tert-OH is 1. The molecule has 0 saturated carbocycles. The van der Waals surface area contributed by atoms with E-state index in [4.69, 9.17) is 0 Å². The van der Waals surface area contributed by atoms with Gasteiger partial charge in [0.25, 0.3) is 0 Å². The summed E-state index contributed by atoms with van der Waals surface area (Å²) in [5.74, 6) is -0.0387. The first-order valence-electron chi connectivity index (χ1n) is 11.5. The molecule has 1 saturated heterocycles. The first-order chi connectivity index (χ1) is 17.1. The lowest BCUT2D eigenvalue weighted by Crippen LogP contribution is -2.50. The summed E-state index contributed by atoms with van der Waals surface area (Å²) in [6.45, 7) is 3.71.